The Morgan fingerprint density at radius 2 is 1.95 bits per heavy atom. The minimum Gasteiger partial charge on any atom is -0.360 e. The van der Waals surface area contributed by atoms with Crippen molar-refractivity contribution in [3.63, 3.8) is 0 Å². The highest BCUT2D eigenvalue weighted by atomic mass is 16.7. The van der Waals surface area contributed by atoms with Crippen molar-refractivity contribution in [1.82, 2.24) is 0 Å². The summed E-state index contributed by atoms with van der Waals surface area (Å²) in [6, 6.07) is 0. The van der Waals surface area contributed by atoms with E-state index < -0.39 is 0 Å². The van der Waals surface area contributed by atoms with Gasteiger partial charge in [0.25, 0.3) is 0 Å². The molecule has 0 heterocycles. The normalized spacial score (nSPS) is 37.3. The molecule has 0 unspecified atom stereocenters. The van der Waals surface area contributed by atoms with Crippen LogP contribution >= 0.6 is 0 Å². The molecule has 0 saturated heterocycles. The van der Waals surface area contributed by atoms with Gasteiger partial charge in [-0.15, -0.1) is 4.91 Å². The van der Waals surface area contributed by atoms with Crippen LogP contribution in [0.2, 0.25) is 0 Å². The Morgan fingerprint density at radius 3 is 2.62 bits per heavy atom. The fraction of sp³-hybridized carbons (Fsp3) is 1.00. The van der Waals surface area contributed by atoms with Gasteiger partial charge in [-0.25, -0.2) is 0 Å². The van der Waals surface area contributed by atoms with Gasteiger partial charge in [-0.3, -0.25) is 0 Å². The summed E-state index contributed by atoms with van der Waals surface area (Å²) in [5.41, 5.74) is 0.366. The maximum absolute atomic E-state index is 10.5. The SMILES string of the molecule is CC(C)CCC[C@@H](C)[C@H]1CC[C@H]2[C@@H](ON=O)CCC[C@]12C. The zero-order chi connectivity index (χ0) is 15.5. The third kappa shape index (κ3) is 3.60. The maximum atomic E-state index is 10.5. The molecule has 0 aromatic carbocycles. The molecule has 122 valence electrons. The van der Waals surface area contributed by atoms with Crippen LogP contribution in [-0.4, -0.2) is 6.10 Å². The van der Waals surface area contributed by atoms with E-state index in [4.69, 9.17) is 4.84 Å². The Hall–Kier alpha value is -0.600. The molecule has 21 heavy (non-hydrogen) atoms. The zero-order valence-electron chi connectivity index (χ0n) is 14.3. The monoisotopic (exact) mass is 295 g/mol. The Balaban J connectivity index is 1.97. The molecule has 0 radical (unpaired) electrons. The van der Waals surface area contributed by atoms with Gasteiger partial charge in [0.05, 0.1) is 0 Å². The second-order valence-electron chi connectivity index (χ2n) is 8.21. The molecule has 0 spiro atoms. The Morgan fingerprint density at radius 1 is 1.19 bits per heavy atom. The number of hydrogen-bond acceptors (Lipinski definition) is 3. The van der Waals surface area contributed by atoms with Gasteiger partial charge < -0.3 is 4.84 Å². The molecule has 0 bridgehead atoms. The lowest BCUT2D eigenvalue weighted by molar-refractivity contribution is -0.0702. The molecule has 0 amide bonds. The topological polar surface area (TPSA) is 38.7 Å². The third-order valence-corrected chi connectivity index (χ3v) is 6.44. The van der Waals surface area contributed by atoms with E-state index in [1.165, 1.54) is 44.9 Å². The highest BCUT2D eigenvalue weighted by Gasteiger charge is 2.53. The van der Waals surface area contributed by atoms with E-state index in [-0.39, 0.29) is 6.10 Å². The summed E-state index contributed by atoms with van der Waals surface area (Å²) in [5.74, 6) is 2.95. The lowest BCUT2D eigenvalue weighted by Crippen LogP contribution is -2.42. The van der Waals surface area contributed by atoms with Crippen molar-refractivity contribution in [2.45, 2.75) is 85.2 Å². The fourth-order valence-electron chi connectivity index (χ4n) is 5.33. The Bertz CT molecular complexity index is 344. The first-order valence-electron chi connectivity index (χ1n) is 8.97. The molecule has 3 heteroatoms. The molecule has 3 nitrogen and oxygen atoms in total. The first-order valence-corrected chi connectivity index (χ1v) is 8.97. The molecule has 0 aromatic rings. The van der Waals surface area contributed by atoms with Gasteiger partial charge in [0.1, 0.15) is 6.10 Å². The number of hydrogen-bond donors (Lipinski definition) is 0. The van der Waals surface area contributed by atoms with Gasteiger partial charge in [0, 0.05) is 5.92 Å². The first kappa shape index (κ1) is 16.8. The standard InChI is InChI=1S/C18H33NO2/c1-13(2)7-5-8-14(3)15-10-11-16-17(21-19-20)9-6-12-18(15,16)4/h13-17H,5-12H2,1-4H3/t14-,15-,16+,17+,18-/m1/s1. The lowest BCUT2D eigenvalue weighted by atomic mass is 9.61. The number of nitrogens with zero attached hydrogens (tertiary/aromatic N) is 1. The summed E-state index contributed by atoms with van der Waals surface area (Å²) in [4.78, 5) is 15.7. The number of fused-ring (bicyclic) bond motifs is 1. The first-order chi connectivity index (χ1) is 9.99. The maximum Gasteiger partial charge on any atom is 0.155 e. The smallest absolute Gasteiger partial charge is 0.155 e. The summed E-state index contributed by atoms with van der Waals surface area (Å²) < 4.78 is 0. The second kappa shape index (κ2) is 7.11. The largest absolute Gasteiger partial charge is 0.360 e. The van der Waals surface area contributed by atoms with Crippen molar-refractivity contribution >= 4 is 0 Å². The summed E-state index contributed by atoms with van der Waals surface area (Å²) in [5, 5.41) is 2.74. The summed E-state index contributed by atoms with van der Waals surface area (Å²) in [7, 11) is 0. The van der Waals surface area contributed by atoms with Crippen LogP contribution in [0.5, 0.6) is 0 Å². The van der Waals surface area contributed by atoms with Crippen molar-refractivity contribution in [3.05, 3.63) is 4.91 Å². The van der Waals surface area contributed by atoms with E-state index in [9.17, 15) is 4.91 Å². The number of rotatable bonds is 7. The average Bonchev–Trinajstić information content (AvgIpc) is 2.76. The van der Waals surface area contributed by atoms with E-state index in [0.717, 1.165) is 24.2 Å². The van der Waals surface area contributed by atoms with Gasteiger partial charge in [-0.2, -0.15) is 0 Å². The zero-order valence-corrected chi connectivity index (χ0v) is 14.3. The van der Waals surface area contributed by atoms with Crippen LogP contribution in [0, 0.1) is 34.0 Å². The third-order valence-electron chi connectivity index (χ3n) is 6.44. The molecule has 0 aromatic heterocycles. The molecule has 0 N–H and O–H groups in total. The Labute approximate surface area is 130 Å². The van der Waals surface area contributed by atoms with Crippen molar-refractivity contribution in [1.29, 1.82) is 0 Å². The summed E-state index contributed by atoms with van der Waals surface area (Å²) >= 11 is 0. The van der Waals surface area contributed by atoms with Gasteiger partial charge in [-0.1, -0.05) is 47.0 Å². The lowest BCUT2D eigenvalue weighted by Gasteiger charge is -2.45. The quantitative estimate of drug-likeness (QED) is 0.444. The average molecular weight is 295 g/mol. The van der Waals surface area contributed by atoms with E-state index in [0.29, 0.717) is 11.3 Å². The van der Waals surface area contributed by atoms with Crippen molar-refractivity contribution in [2.24, 2.45) is 34.4 Å². The minimum absolute atomic E-state index is 0.0779. The van der Waals surface area contributed by atoms with Gasteiger partial charge >= 0.3 is 0 Å². The van der Waals surface area contributed by atoms with Crippen molar-refractivity contribution in [3.8, 4) is 0 Å². The van der Waals surface area contributed by atoms with Crippen LogP contribution in [0.25, 0.3) is 0 Å². The molecule has 0 aliphatic heterocycles. The van der Waals surface area contributed by atoms with Crippen molar-refractivity contribution < 1.29 is 4.84 Å². The van der Waals surface area contributed by atoms with Crippen LogP contribution in [-0.2, 0) is 4.84 Å². The molecule has 5 atom stereocenters. The van der Waals surface area contributed by atoms with E-state index in [1.54, 1.807) is 0 Å². The van der Waals surface area contributed by atoms with Crippen LogP contribution in [0.3, 0.4) is 0 Å². The van der Waals surface area contributed by atoms with E-state index in [2.05, 4.69) is 33.0 Å². The molecule has 2 rings (SSSR count). The van der Waals surface area contributed by atoms with Crippen LogP contribution in [0.4, 0.5) is 0 Å². The molecule has 2 fully saturated rings. The van der Waals surface area contributed by atoms with Gasteiger partial charge in [0.2, 0.25) is 0 Å². The molecular formula is C18H33NO2. The van der Waals surface area contributed by atoms with Crippen LogP contribution in [0.1, 0.15) is 79.1 Å². The highest BCUT2D eigenvalue weighted by molar-refractivity contribution is 5.02. The van der Waals surface area contributed by atoms with Crippen molar-refractivity contribution in [2.75, 3.05) is 0 Å². The van der Waals surface area contributed by atoms with Gasteiger partial charge in [0.15, 0.2) is 5.34 Å². The summed E-state index contributed by atoms with van der Waals surface area (Å²) in [6.45, 7) is 9.52. The predicted octanol–water partition coefficient (Wildman–Crippen LogP) is 5.73. The van der Waals surface area contributed by atoms with Crippen LogP contribution < -0.4 is 0 Å². The Kier molecular flexibility index (Phi) is 5.67. The van der Waals surface area contributed by atoms with Crippen LogP contribution in [0.15, 0.2) is 5.34 Å². The van der Waals surface area contributed by atoms with E-state index in [1.807, 2.05) is 0 Å². The minimum atomic E-state index is 0.0779. The molecule has 2 aliphatic rings. The van der Waals surface area contributed by atoms with Gasteiger partial charge in [-0.05, 0) is 55.3 Å². The predicted molar refractivity (Wildman–Crippen MR) is 86.7 cm³/mol. The van der Waals surface area contributed by atoms with E-state index >= 15 is 0 Å². The molecule has 2 aliphatic carbocycles. The fourth-order valence-corrected chi connectivity index (χ4v) is 5.33. The second-order valence-corrected chi connectivity index (χ2v) is 8.21. The highest BCUT2D eigenvalue weighted by Crippen LogP contribution is 2.58. The summed E-state index contributed by atoms with van der Waals surface area (Å²) in [6.07, 6.45) is 10.2. The molecule has 2 saturated carbocycles. The molecular weight excluding hydrogens is 262 g/mol.